The Morgan fingerprint density at radius 2 is 2.31 bits per heavy atom. The first-order chi connectivity index (χ1) is 6.36. The molecule has 0 aromatic rings. The fourth-order valence-electron chi connectivity index (χ4n) is 2.08. The maximum Gasteiger partial charge on any atom is 0.0318 e. The molecule has 0 saturated heterocycles. The van der Waals surface area contributed by atoms with Crippen molar-refractivity contribution < 1.29 is 0 Å². The number of rotatable bonds is 0. The predicted octanol–water partition coefficient (Wildman–Crippen LogP) is 1.37. The van der Waals surface area contributed by atoms with E-state index in [1.807, 2.05) is 6.21 Å². The van der Waals surface area contributed by atoms with Gasteiger partial charge in [-0.05, 0) is 37.7 Å². The molecule has 1 fully saturated rings. The normalized spacial score (nSPS) is 33.8. The number of nitrogens with one attached hydrogen (secondary N) is 1. The monoisotopic (exact) mass is 179 g/mol. The zero-order valence-electron chi connectivity index (χ0n) is 7.87. The Kier molecular flexibility index (Phi) is 2.64. The van der Waals surface area contributed by atoms with Crippen LogP contribution in [-0.2, 0) is 0 Å². The SMILES string of the molecule is NC1CCCC2=CNN=CC2CC1. The van der Waals surface area contributed by atoms with E-state index in [-0.39, 0.29) is 0 Å². The summed E-state index contributed by atoms with van der Waals surface area (Å²) in [5, 5.41) is 4.07. The largest absolute Gasteiger partial charge is 0.328 e. The molecule has 1 saturated carbocycles. The van der Waals surface area contributed by atoms with E-state index >= 15 is 0 Å². The van der Waals surface area contributed by atoms with Gasteiger partial charge >= 0.3 is 0 Å². The Balaban J connectivity index is 2.02. The molecule has 0 spiro atoms. The number of hydrogen-bond donors (Lipinski definition) is 2. The van der Waals surface area contributed by atoms with Crippen LogP contribution in [0.25, 0.3) is 0 Å². The van der Waals surface area contributed by atoms with Crippen molar-refractivity contribution in [3.8, 4) is 0 Å². The second-order valence-corrected chi connectivity index (χ2v) is 3.96. The second-order valence-electron chi connectivity index (χ2n) is 3.96. The first-order valence-electron chi connectivity index (χ1n) is 5.09. The molecule has 3 heteroatoms. The fraction of sp³-hybridized carbons (Fsp3) is 0.700. The number of nitrogens with two attached hydrogens (primary N) is 1. The number of allylic oxidation sites excluding steroid dienone is 1. The van der Waals surface area contributed by atoms with E-state index in [1.165, 1.54) is 24.8 Å². The van der Waals surface area contributed by atoms with Gasteiger partial charge in [0.05, 0.1) is 0 Å². The summed E-state index contributed by atoms with van der Waals surface area (Å²) >= 11 is 0. The zero-order chi connectivity index (χ0) is 9.10. The minimum Gasteiger partial charge on any atom is -0.328 e. The van der Waals surface area contributed by atoms with Gasteiger partial charge < -0.3 is 5.73 Å². The van der Waals surface area contributed by atoms with Crippen molar-refractivity contribution in [3.05, 3.63) is 11.8 Å². The van der Waals surface area contributed by atoms with Gasteiger partial charge in [-0.2, -0.15) is 5.10 Å². The minimum absolute atomic E-state index is 0.407. The van der Waals surface area contributed by atoms with Gasteiger partial charge in [0.25, 0.3) is 0 Å². The molecule has 1 aliphatic carbocycles. The second kappa shape index (κ2) is 3.92. The van der Waals surface area contributed by atoms with Crippen LogP contribution in [0.5, 0.6) is 0 Å². The Morgan fingerprint density at radius 3 is 3.23 bits per heavy atom. The summed E-state index contributed by atoms with van der Waals surface area (Å²) in [5.41, 5.74) is 10.4. The van der Waals surface area contributed by atoms with Crippen molar-refractivity contribution in [2.45, 2.75) is 38.1 Å². The van der Waals surface area contributed by atoms with E-state index < -0.39 is 0 Å². The van der Waals surface area contributed by atoms with E-state index in [1.54, 1.807) is 0 Å². The lowest BCUT2D eigenvalue weighted by molar-refractivity contribution is 0.467. The number of nitrogens with zero attached hydrogens (tertiary/aromatic N) is 1. The molecule has 3 nitrogen and oxygen atoms in total. The van der Waals surface area contributed by atoms with Gasteiger partial charge in [0.2, 0.25) is 0 Å². The van der Waals surface area contributed by atoms with E-state index in [0.29, 0.717) is 12.0 Å². The van der Waals surface area contributed by atoms with Crippen LogP contribution in [-0.4, -0.2) is 12.3 Å². The third-order valence-electron chi connectivity index (χ3n) is 2.94. The fourth-order valence-corrected chi connectivity index (χ4v) is 2.08. The van der Waals surface area contributed by atoms with Crippen LogP contribution < -0.4 is 11.2 Å². The first kappa shape index (κ1) is 8.75. The summed E-state index contributed by atoms with van der Waals surface area (Å²) in [4.78, 5) is 0. The van der Waals surface area contributed by atoms with Crippen molar-refractivity contribution in [1.29, 1.82) is 0 Å². The average molecular weight is 179 g/mol. The van der Waals surface area contributed by atoms with Crippen molar-refractivity contribution in [1.82, 2.24) is 5.43 Å². The molecule has 2 unspecified atom stereocenters. The molecule has 1 aliphatic heterocycles. The third-order valence-corrected chi connectivity index (χ3v) is 2.94. The van der Waals surface area contributed by atoms with Crippen molar-refractivity contribution in [3.63, 3.8) is 0 Å². The smallest absolute Gasteiger partial charge is 0.0318 e. The van der Waals surface area contributed by atoms with Crippen LogP contribution >= 0.6 is 0 Å². The molecule has 0 bridgehead atoms. The van der Waals surface area contributed by atoms with Crippen LogP contribution in [0.4, 0.5) is 0 Å². The summed E-state index contributed by atoms with van der Waals surface area (Å²) in [7, 11) is 0. The van der Waals surface area contributed by atoms with Crippen LogP contribution in [0, 0.1) is 5.92 Å². The molecule has 2 rings (SSSR count). The van der Waals surface area contributed by atoms with E-state index in [0.717, 1.165) is 12.8 Å². The standard InChI is InChI=1S/C10H17N3/c11-10-3-1-2-8-6-12-13-7-9(8)4-5-10/h6-7,9-10,12H,1-5,11H2. The Labute approximate surface area is 79.1 Å². The minimum atomic E-state index is 0.407. The predicted molar refractivity (Wildman–Crippen MR) is 54.3 cm³/mol. The van der Waals surface area contributed by atoms with Gasteiger partial charge in [-0.25, -0.2) is 0 Å². The Morgan fingerprint density at radius 1 is 1.38 bits per heavy atom. The Bertz CT molecular complexity index is 232. The van der Waals surface area contributed by atoms with Gasteiger partial charge in [-0.1, -0.05) is 0 Å². The Hall–Kier alpha value is -0.830. The van der Waals surface area contributed by atoms with Crippen LogP contribution in [0.1, 0.15) is 32.1 Å². The van der Waals surface area contributed by atoms with Gasteiger partial charge in [-0.3, -0.25) is 5.43 Å². The lowest BCUT2D eigenvalue weighted by Crippen LogP contribution is -2.25. The molecule has 3 N–H and O–H groups in total. The van der Waals surface area contributed by atoms with Crippen LogP contribution in [0.3, 0.4) is 0 Å². The average Bonchev–Trinajstić information content (AvgIpc) is 2.13. The van der Waals surface area contributed by atoms with Gasteiger partial charge in [-0.15, -0.1) is 0 Å². The first-order valence-corrected chi connectivity index (χ1v) is 5.09. The maximum atomic E-state index is 5.95. The van der Waals surface area contributed by atoms with E-state index in [4.69, 9.17) is 5.73 Å². The van der Waals surface area contributed by atoms with Crippen molar-refractivity contribution >= 4 is 6.21 Å². The summed E-state index contributed by atoms with van der Waals surface area (Å²) < 4.78 is 0. The summed E-state index contributed by atoms with van der Waals surface area (Å²) in [5.74, 6) is 0.549. The number of hydrazone groups is 1. The lowest BCUT2D eigenvalue weighted by Gasteiger charge is -2.24. The third kappa shape index (κ3) is 2.10. The number of hydrogen-bond acceptors (Lipinski definition) is 3. The maximum absolute atomic E-state index is 5.95. The van der Waals surface area contributed by atoms with Crippen molar-refractivity contribution in [2.24, 2.45) is 16.8 Å². The van der Waals surface area contributed by atoms with Gasteiger partial charge in [0.1, 0.15) is 0 Å². The topological polar surface area (TPSA) is 50.4 Å². The zero-order valence-corrected chi connectivity index (χ0v) is 7.87. The molecular formula is C10H17N3. The van der Waals surface area contributed by atoms with E-state index in [9.17, 15) is 0 Å². The summed E-state index contributed by atoms with van der Waals surface area (Å²) in [6.07, 6.45) is 9.94. The molecule has 2 aliphatic rings. The summed E-state index contributed by atoms with van der Waals surface area (Å²) in [6, 6.07) is 0.407. The van der Waals surface area contributed by atoms with Gasteiger partial charge in [0.15, 0.2) is 0 Å². The molecule has 72 valence electrons. The molecule has 13 heavy (non-hydrogen) atoms. The highest BCUT2D eigenvalue weighted by Gasteiger charge is 2.19. The molecule has 2 atom stereocenters. The van der Waals surface area contributed by atoms with Crippen LogP contribution in [0.15, 0.2) is 16.9 Å². The molecular weight excluding hydrogens is 162 g/mol. The highest BCUT2D eigenvalue weighted by molar-refractivity contribution is 5.66. The van der Waals surface area contributed by atoms with Crippen LogP contribution in [0.2, 0.25) is 0 Å². The molecule has 0 aromatic heterocycles. The highest BCUT2D eigenvalue weighted by atomic mass is 15.3. The van der Waals surface area contributed by atoms with Gasteiger partial charge in [0, 0.05) is 24.4 Å². The number of fused-ring (bicyclic) bond motifs is 1. The van der Waals surface area contributed by atoms with Crippen molar-refractivity contribution in [2.75, 3.05) is 0 Å². The quantitative estimate of drug-likeness (QED) is 0.590. The molecule has 1 heterocycles. The van der Waals surface area contributed by atoms with E-state index in [2.05, 4.69) is 16.7 Å². The molecule has 0 aromatic carbocycles. The lowest BCUT2D eigenvalue weighted by atomic mass is 9.86. The summed E-state index contributed by atoms with van der Waals surface area (Å²) in [6.45, 7) is 0. The highest BCUT2D eigenvalue weighted by Crippen LogP contribution is 2.26. The molecule has 0 radical (unpaired) electrons. The molecule has 0 amide bonds.